The molecule has 0 saturated carbocycles. The summed E-state index contributed by atoms with van der Waals surface area (Å²) in [7, 11) is 0. The highest BCUT2D eigenvalue weighted by atomic mass is 35.5. The van der Waals surface area contributed by atoms with E-state index in [1.165, 1.54) is 6.20 Å². The summed E-state index contributed by atoms with van der Waals surface area (Å²) in [5.41, 5.74) is 0.242. The second-order valence-corrected chi connectivity index (χ2v) is 6.87. The number of halogens is 3. The Balaban J connectivity index is 0.00000300. The first-order chi connectivity index (χ1) is 13.3. The van der Waals surface area contributed by atoms with Crippen LogP contribution >= 0.6 is 11.6 Å². The van der Waals surface area contributed by atoms with E-state index >= 15 is 0 Å². The molecule has 0 radical (unpaired) electrons. The van der Waals surface area contributed by atoms with Crippen LogP contribution in [0.4, 0.5) is 14.6 Å². The van der Waals surface area contributed by atoms with Gasteiger partial charge in [0.05, 0.1) is 11.6 Å². The molecule has 0 bridgehead atoms. The molecule has 0 aliphatic rings. The van der Waals surface area contributed by atoms with Crippen molar-refractivity contribution in [1.29, 1.82) is 0 Å². The molecule has 0 unspecified atom stereocenters. The smallest absolute Gasteiger partial charge is 0.255 e. The largest absolute Gasteiger partial charge is 0.356 e. The number of carbonyl (C=O) groups is 1. The maximum absolute atomic E-state index is 12.4. The first-order valence-corrected chi connectivity index (χ1v) is 9.01. The standard InChI is InChI=1S/C18H19ClF2N6O.3H2/c1-3-18(2,17(28)25-9-13(20)21)27-14-4-5-22-16(26-14)12-8-24-15-11(12)6-10(19)7-23-15;;;/h4-8,13H,3,9H2,1-2H3,(H,23,24)(H,25,28)(H,22,26,27);3*1H/t18-;;;/m1.../s1. The molecule has 0 fully saturated rings. The summed E-state index contributed by atoms with van der Waals surface area (Å²) in [6, 6.07) is 3.37. The molecule has 154 valence electrons. The summed E-state index contributed by atoms with van der Waals surface area (Å²) < 4.78 is 24.8. The molecule has 10 heteroatoms. The minimum absolute atomic E-state index is 0. The van der Waals surface area contributed by atoms with E-state index in [0.29, 0.717) is 34.3 Å². The maximum atomic E-state index is 12.4. The van der Waals surface area contributed by atoms with E-state index in [-0.39, 0.29) is 4.28 Å². The zero-order chi connectivity index (χ0) is 20.3. The Morgan fingerprint density at radius 2 is 2.21 bits per heavy atom. The van der Waals surface area contributed by atoms with E-state index in [0.717, 1.165) is 5.39 Å². The number of pyridine rings is 1. The van der Waals surface area contributed by atoms with Gasteiger partial charge in [0.25, 0.3) is 6.43 Å². The summed E-state index contributed by atoms with van der Waals surface area (Å²) in [5.74, 6) is 0.274. The van der Waals surface area contributed by atoms with E-state index in [1.807, 2.05) is 0 Å². The van der Waals surface area contributed by atoms with Crippen LogP contribution in [0.3, 0.4) is 0 Å². The van der Waals surface area contributed by atoms with Crippen LogP contribution in [0.5, 0.6) is 0 Å². The van der Waals surface area contributed by atoms with Gasteiger partial charge in [-0.1, -0.05) is 18.5 Å². The number of anilines is 1. The first kappa shape index (κ1) is 19.9. The zero-order valence-corrected chi connectivity index (χ0v) is 16.0. The van der Waals surface area contributed by atoms with Gasteiger partial charge in [0, 0.05) is 33.8 Å². The molecule has 0 saturated heterocycles. The van der Waals surface area contributed by atoms with E-state index in [4.69, 9.17) is 11.6 Å². The Hall–Kier alpha value is -2.81. The fraction of sp³-hybridized carbons (Fsp3) is 0.333. The number of H-pyrrole nitrogens is 1. The number of nitrogens with zero attached hydrogens (tertiary/aromatic N) is 3. The lowest BCUT2D eigenvalue weighted by Crippen LogP contribution is -2.51. The van der Waals surface area contributed by atoms with Crippen molar-refractivity contribution in [3.8, 4) is 11.4 Å². The lowest BCUT2D eigenvalue weighted by Gasteiger charge is -2.29. The molecule has 7 nitrogen and oxygen atoms in total. The number of hydrogen-bond acceptors (Lipinski definition) is 5. The van der Waals surface area contributed by atoms with Crippen LogP contribution in [0.1, 0.15) is 24.5 Å². The molecule has 1 atom stereocenters. The van der Waals surface area contributed by atoms with Crippen LogP contribution in [0.15, 0.2) is 30.7 Å². The Kier molecular flexibility index (Phi) is 5.73. The molecular weight excluding hydrogens is 390 g/mol. The number of carbonyl (C=O) groups excluding carboxylic acids is 1. The fourth-order valence-electron chi connectivity index (χ4n) is 2.67. The minimum atomic E-state index is -2.61. The van der Waals surface area contributed by atoms with E-state index < -0.39 is 24.4 Å². The van der Waals surface area contributed by atoms with Crippen molar-refractivity contribution < 1.29 is 17.9 Å². The first-order valence-electron chi connectivity index (χ1n) is 8.63. The molecule has 1 amide bonds. The van der Waals surface area contributed by atoms with Crippen LogP contribution in [-0.2, 0) is 4.79 Å². The van der Waals surface area contributed by atoms with Gasteiger partial charge in [-0.15, -0.1) is 0 Å². The predicted octanol–water partition coefficient (Wildman–Crippen LogP) is 4.37. The Morgan fingerprint density at radius 1 is 1.43 bits per heavy atom. The number of aromatic amines is 1. The van der Waals surface area contributed by atoms with Crippen LogP contribution in [0.25, 0.3) is 22.4 Å². The van der Waals surface area contributed by atoms with E-state index in [1.54, 1.807) is 38.4 Å². The Morgan fingerprint density at radius 3 is 2.93 bits per heavy atom. The molecule has 28 heavy (non-hydrogen) atoms. The van der Waals surface area contributed by atoms with Crippen molar-refractivity contribution in [2.24, 2.45) is 0 Å². The summed E-state index contributed by atoms with van der Waals surface area (Å²) in [5, 5.41) is 6.52. The SMILES string of the molecule is CC[C@@](C)(Nc1ccnc(-c2c[nH]c3ncc(Cl)cc23)n1)C(=O)NCC(F)F.[HH].[HH].[HH]. The molecule has 3 aromatic rings. The molecule has 0 spiro atoms. The van der Waals surface area contributed by atoms with Gasteiger partial charge in [-0.3, -0.25) is 4.79 Å². The van der Waals surface area contributed by atoms with Crippen LogP contribution in [0, 0.1) is 0 Å². The minimum Gasteiger partial charge on any atom is -0.356 e. The van der Waals surface area contributed by atoms with Gasteiger partial charge >= 0.3 is 0 Å². The number of rotatable bonds is 7. The zero-order valence-electron chi connectivity index (χ0n) is 15.3. The third kappa shape index (κ3) is 4.19. The number of fused-ring (bicyclic) bond motifs is 1. The van der Waals surface area contributed by atoms with Crippen molar-refractivity contribution in [3.63, 3.8) is 0 Å². The number of aromatic nitrogens is 4. The fourth-order valence-corrected chi connectivity index (χ4v) is 2.83. The molecule has 3 N–H and O–H groups in total. The average Bonchev–Trinajstić information content (AvgIpc) is 3.09. The highest BCUT2D eigenvalue weighted by Gasteiger charge is 2.32. The van der Waals surface area contributed by atoms with Gasteiger partial charge in [-0.05, 0) is 25.5 Å². The molecular formula is C18H25ClF2N6O. The average molecular weight is 415 g/mol. The number of hydrogen-bond donors (Lipinski definition) is 3. The van der Waals surface area contributed by atoms with Crippen LogP contribution in [-0.4, -0.2) is 44.4 Å². The number of alkyl halides is 2. The number of nitrogens with one attached hydrogen (secondary N) is 3. The normalized spacial score (nSPS) is 13.5. The van der Waals surface area contributed by atoms with Gasteiger partial charge in [-0.25, -0.2) is 23.7 Å². The molecule has 0 aliphatic heterocycles. The summed E-state index contributed by atoms with van der Waals surface area (Å²) in [6.07, 6.45) is 2.57. The van der Waals surface area contributed by atoms with Gasteiger partial charge in [0.15, 0.2) is 5.82 Å². The lowest BCUT2D eigenvalue weighted by atomic mass is 9.97. The van der Waals surface area contributed by atoms with Crippen LogP contribution < -0.4 is 10.6 Å². The highest BCUT2D eigenvalue weighted by Crippen LogP contribution is 2.28. The van der Waals surface area contributed by atoms with Gasteiger partial charge in [0.2, 0.25) is 5.91 Å². The monoisotopic (exact) mass is 414 g/mol. The predicted molar refractivity (Wildman–Crippen MR) is 110 cm³/mol. The third-order valence-electron chi connectivity index (χ3n) is 4.42. The third-order valence-corrected chi connectivity index (χ3v) is 4.63. The quantitative estimate of drug-likeness (QED) is 0.533. The van der Waals surface area contributed by atoms with Crippen molar-refractivity contribution >= 4 is 34.4 Å². The van der Waals surface area contributed by atoms with Gasteiger partial charge in [-0.2, -0.15) is 0 Å². The van der Waals surface area contributed by atoms with Gasteiger partial charge in [0.1, 0.15) is 17.0 Å². The van der Waals surface area contributed by atoms with Crippen molar-refractivity contribution in [3.05, 3.63) is 35.7 Å². The summed E-state index contributed by atoms with van der Waals surface area (Å²) in [4.78, 5) is 28.3. The highest BCUT2D eigenvalue weighted by molar-refractivity contribution is 6.31. The van der Waals surface area contributed by atoms with Gasteiger partial charge < -0.3 is 15.6 Å². The topological polar surface area (TPSA) is 95.6 Å². The Bertz CT molecular complexity index is 1010. The molecule has 3 heterocycles. The maximum Gasteiger partial charge on any atom is 0.255 e. The molecule has 0 aliphatic carbocycles. The Labute approximate surface area is 169 Å². The molecule has 0 aromatic carbocycles. The van der Waals surface area contributed by atoms with Crippen molar-refractivity contribution in [1.82, 2.24) is 25.3 Å². The number of amides is 1. The lowest BCUT2D eigenvalue weighted by molar-refractivity contribution is -0.125. The van der Waals surface area contributed by atoms with Crippen molar-refractivity contribution in [2.75, 3.05) is 11.9 Å². The molecule has 3 rings (SSSR count). The van der Waals surface area contributed by atoms with Crippen molar-refractivity contribution in [2.45, 2.75) is 32.2 Å². The van der Waals surface area contributed by atoms with E-state index in [2.05, 4.69) is 30.6 Å². The summed E-state index contributed by atoms with van der Waals surface area (Å²) in [6.45, 7) is 2.71. The second kappa shape index (κ2) is 8.05. The summed E-state index contributed by atoms with van der Waals surface area (Å²) >= 11 is 6.03. The van der Waals surface area contributed by atoms with Crippen LogP contribution in [0.2, 0.25) is 5.02 Å². The van der Waals surface area contributed by atoms with E-state index in [9.17, 15) is 13.6 Å². The second-order valence-electron chi connectivity index (χ2n) is 6.43. The molecule has 3 aromatic heterocycles.